The van der Waals surface area contributed by atoms with Gasteiger partial charge >= 0.3 is 21.1 Å². The van der Waals surface area contributed by atoms with Crippen molar-refractivity contribution in [1.29, 1.82) is 0 Å². The molecule has 0 aliphatic rings. The maximum atomic E-state index is 6.35. The van der Waals surface area contributed by atoms with E-state index in [1.165, 1.54) is 5.56 Å². The molecule has 42 heavy (non-hydrogen) atoms. The second-order valence-corrected chi connectivity index (χ2v) is 10.5. The van der Waals surface area contributed by atoms with Crippen molar-refractivity contribution in [1.82, 2.24) is 19.3 Å². The van der Waals surface area contributed by atoms with Crippen molar-refractivity contribution in [3.05, 3.63) is 132 Å². The molecule has 0 spiro atoms. The molecule has 0 saturated carbocycles. The number of para-hydroxylation sites is 1. The van der Waals surface area contributed by atoms with Crippen molar-refractivity contribution >= 4 is 21.8 Å². The van der Waals surface area contributed by atoms with E-state index < -0.39 is 0 Å². The fraction of sp³-hybridized carbons (Fsp3) is 0.111. The Labute approximate surface area is 259 Å². The van der Waals surface area contributed by atoms with Gasteiger partial charge in [0.05, 0.1) is 5.69 Å². The van der Waals surface area contributed by atoms with Crippen LogP contribution in [0.3, 0.4) is 0 Å². The minimum Gasteiger partial charge on any atom is -0.509 e. The fourth-order valence-electron chi connectivity index (χ4n) is 5.57. The van der Waals surface area contributed by atoms with Crippen molar-refractivity contribution in [3.8, 4) is 34.1 Å². The summed E-state index contributed by atoms with van der Waals surface area (Å²) in [5.41, 5.74) is 9.53. The maximum Gasteiger partial charge on any atom is 2.00 e. The van der Waals surface area contributed by atoms with E-state index in [1.54, 1.807) is 0 Å². The minimum absolute atomic E-state index is 0. The standard InChI is InChI=1S/C36H28N4O.Pt/c1-23-12-14-27(15-13-23)36-25(3)38-40(26(36)4)28-8-7-9-29(21-28)41-30-16-17-32-31-10-5-6-11-33(31)39(34(32)22-30)35-20-24(2)18-19-37-35;/h5-20H,1-4H3;/q-2;+2. The van der Waals surface area contributed by atoms with Gasteiger partial charge in [-0.1, -0.05) is 53.5 Å². The summed E-state index contributed by atoms with van der Waals surface area (Å²) in [6.45, 7) is 8.32. The van der Waals surface area contributed by atoms with Crippen molar-refractivity contribution in [2.24, 2.45) is 0 Å². The van der Waals surface area contributed by atoms with E-state index in [4.69, 9.17) is 9.84 Å². The van der Waals surface area contributed by atoms with Gasteiger partial charge in [0.25, 0.3) is 0 Å². The van der Waals surface area contributed by atoms with Crippen LogP contribution in [0.2, 0.25) is 0 Å². The Morgan fingerprint density at radius 1 is 0.714 bits per heavy atom. The Morgan fingerprint density at radius 2 is 1.50 bits per heavy atom. The second-order valence-electron chi connectivity index (χ2n) is 10.5. The predicted octanol–water partition coefficient (Wildman–Crippen LogP) is 8.66. The normalized spacial score (nSPS) is 11.1. The number of hydrogen-bond acceptors (Lipinski definition) is 3. The smallest absolute Gasteiger partial charge is 0.509 e. The largest absolute Gasteiger partial charge is 2.00 e. The van der Waals surface area contributed by atoms with Crippen LogP contribution in [0.5, 0.6) is 11.5 Å². The van der Waals surface area contributed by atoms with Gasteiger partial charge in [-0.05, 0) is 68.1 Å². The molecule has 3 aromatic heterocycles. The number of fused-ring (bicyclic) bond motifs is 3. The van der Waals surface area contributed by atoms with E-state index in [1.807, 2.05) is 48.1 Å². The SMILES string of the molecule is Cc1ccc(-c2c(C)nn(-c3[c-]c(Oc4[c-]c5c(cc4)c4ccccc4n5-c4cc(C)ccn4)ccc3)c2C)cc1.[Pt+2]. The Kier molecular flexibility index (Phi) is 7.30. The first-order chi connectivity index (χ1) is 20.0. The molecule has 0 fully saturated rings. The van der Waals surface area contributed by atoms with Gasteiger partial charge in [-0.15, -0.1) is 35.7 Å². The van der Waals surface area contributed by atoms with Crippen LogP contribution in [0, 0.1) is 39.8 Å². The Bertz CT molecular complexity index is 2070. The number of rotatable bonds is 5. The number of nitrogens with zero attached hydrogens (tertiary/aromatic N) is 4. The third-order valence-corrected chi connectivity index (χ3v) is 7.52. The van der Waals surface area contributed by atoms with Crippen LogP contribution in [0.15, 0.2) is 97.2 Å². The number of ether oxygens (including phenoxy) is 1. The van der Waals surface area contributed by atoms with Crippen LogP contribution in [0.1, 0.15) is 22.5 Å². The summed E-state index contributed by atoms with van der Waals surface area (Å²) in [5.74, 6) is 2.06. The summed E-state index contributed by atoms with van der Waals surface area (Å²) in [7, 11) is 0. The molecule has 0 atom stereocenters. The molecule has 7 rings (SSSR count). The Hall–Kier alpha value is -4.47. The summed E-state index contributed by atoms with van der Waals surface area (Å²) in [6.07, 6.45) is 1.84. The van der Waals surface area contributed by atoms with Crippen molar-refractivity contribution in [3.63, 3.8) is 0 Å². The Balaban J connectivity index is 0.00000316. The molecule has 7 aromatic rings. The van der Waals surface area contributed by atoms with Gasteiger partial charge in [0.1, 0.15) is 5.82 Å². The average Bonchev–Trinajstić information content (AvgIpc) is 3.46. The van der Waals surface area contributed by atoms with Crippen LogP contribution >= 0.6 is 0 Å². The molecule has 3 heterocycles. The van der Waals surface area contributed by atoms with E-state index in [-0.39, 0.29) is 21.1 Å². The van der Waals surface area contributed by atoms with Crippen LogP contribution in [0.25, 0.3) is 44.4 Å². The van der Waals surface area contributed by atoms with Crippen LogP contribution < -0.4 is 4.74 Å². The molecular weight excluding hydrogens is 700 g/mol. The van der Waals surface area contributed by atoms with E-state index >= 15 is 0 Å². The van der Waals surface area contributed by atoms with E-state index in [0.717, 1.165) is 61.4 Å². The molecule has 208 valence electrons. The third kappa shape index (κ3) is 4.84. The average molecular weight is 728 g/mol. The number of benzene rings is 4. The molecule has 0 unspecified atom stereocenters. The second kappa shape index (κ2) is 11.1. The number of pyridine rings is 1. The maximum absolute atomic E-state index is 6.35. The van der Waals surface area contributed by atoms with Gasteiger partial charge in [0.2, 0.25) is 0 Å². The molecule has 4 aromatic carbocycles. The first kappa shape index (κ1) is 27.7. The van der Waals surface area contributed by atoms with Crippen LogP contribution in [-0.4, -0.2) is 19.3 Å². The van der Waals surface area contributed by atoms with Gasteiger partial charge in [-0.3, -0.25) is 4.68 Å². The van der Waals surface area contributed by atoms with E-state index in [0.29, 0.717) is 11.5 Å². The summed E-state index contributed by atoms with van der Waals surface area (Å²) >= 11 is 0. The number of hydrogen-bond donors (Lipinski definition) is 0. The van der Waals surface area contributed by atoms with Crippen LogP contribution in [-0.2, 0) is 21.1 Å². The van der Waals surface area contributed by atoms with Gasteiger partial charge in [-0.25, -0.2) is 4.98 Å². The zero-order chi connectivity index (χ0) is 28.1. The van der Waals surface area contributed by atoms with Crippen LogP contribution in [0.4, 0.5) is 0 Å². The molecule has 5 nitrogen and oxygen atoms in total. The quantitative estimate of drug-likeness (QED) is 0.167. The first-order valence-corrected chi connectivity index (χ1v) is 13.7. The van der Waals surface area contributed by atoms with Gasteiger partial charge in [0.15, 0.2) is 0 Å². The van der Waals surface area contributed by atoms with E-state index in [9.17, 15) is 0 Å². The summed E-state index contributed by atoms with van der Waals surface area (Å²) in [5, 5.41) is 7.10. The first-order valence-electron chi connectivity index (χ1n) is 13.7. The third-order valence-electron chi connectivity index (χ3n) is 7.52. The zero-order valence-corrected chi connectivity index (χ0v) is 26.0. The molecule has 0 radical (unpaired) electrons. The molecule has 0 aliphatic heterocycles. The van der Waals surface area contributed by atoms with Gasteiger partial charge in [0, 0.05) is 34.5 Å². The van der Waals surface area contributed by atoms with Gasteiger partial charge < -0.3 is 9.30 Å². The summed E-state index contributed by atoms with van der Waals surface area (Å²) in [4.78, 5) is 4.67. The topological polar surface area (TPSA) is 44.9 Å². The zero-order valence-electron chi connectivity index (χ0n) is 23.8. The van der Waals surface area contributed by atoms with E-state index in [2.05, 4.69) is 103 Å². The fourth-order valence-corrected chi connectivity index (χ4v) is 5.57. The molecular formula is C36H28N4OPt. The number of aryl methyl sites for hydroxylation is 3. The molecule has 0 saturated heterocycles. The molecule has 0 N–H and O–H groups in total. The van der Waals surface area contributed by atoms with Crippen molar-refractivity contribution in [2.75, 3.05) is 0 Å². The molecule has 0 aliphatic carbocycles. The molecule has 0 amide bonds. The van der Waals surface area contributed by atoms with Crippen molar-refractivity contribution in [2.45, 2.75) is 27.7 Å². The molecule has 6 heteroatoms. The molecule has 0 bridgehead atoms. The van der Waals surface area contributed by atoms with Gasteiger partial charge in [-0.2, -0.15) is 17.2 Å². The number of aromatic nitrogens is 4. The monoisotopic (exact) mass is 727 g/mol. The summed E-state index contributed by atoms with van der Waals surface area (Å²) in [6, 6.07) is 37.9. The Morgan fingerprint density at radius 3 is 2.31 bits per heavy atom. The predicted molar refractivity (Wildman–Crippen MR) is 164 cm³/mol. The van der Waals surface area contributed by atoms with Crippen molar-refractivity contribution < 1.29 is 25.8 Å². The minimum atomic E-state index is 0. The summed E-state index contributed by atoms with van der Waals surface area (Å²) < 4.78 is 10.4.